The molecule has 0 amide bonds. The van der Waals surface area contributed by atoms with Crippen LogP contribution in [0.4, 0.5) is 4.39 Å². The predicted molar refractivity (Wildman–Crippen MR) is 63.6 cm³/mol. The lowest BCUT2D eigenvalue weighted by Gasteiger charge is -2.33. The lowest BCUT2D eigenvalue weighted by molar-refractivity contribution is -0.0951. The van der Waals surface area contributed by atoms with E-state index >= 15 is 0 Å². The minimum atomic E-state index is -0.942. The van der Waals surface area contributed by atoms with Gasteiger partial charge in [0.2, 0.25) is 0 Å². The van der Waals surface area contributed by atoms with Crippen molar-refractivity contribution in [2.45, 2.75) is 32.0 Å². The SMILES string of the molecule is CCC(C)(OC)C(O)c1cc(F)ccc1OC. The highest BCUT2D eigenvalue weighted by Crippen LogP contribution is 2.36. The Morgan fingerprint density at radius 3 is 2.53 bits per heavy atom. The zero-order valence-corrected chi connectivity index (χ0v) is 10.7. The maximum Gasteiger partial charge on any atom is 0.124 e. The highest BCUT2D eigenvalue weighted by Gasteiger charge is 2.34. The van der Waals surface area contributed by atoms with Crippen LogP contribution < -0.4 is 4.74 Å². The van der Waals surface area contributed by atoms with E-state index in [0.29, 0.717) is 17.7 Å². The van der Waals surface area contributed by atoms with Crippen LogP contribution in [-0.2, 0) is 4.74 Å². The van der Waals surface area contributed by atoms with E-state index in [4.69, 9.17) is 9.47 Å². The summed E-state index contributed by atoms with van der Waals surface area (Å²) in [5.41, 5.74) is -0.361. The predicted octanol–water partition coefficient (Wildman–Crippen LogP) is 2.68. The minimum absolute atomic E-state index is 0.402. The van der Waals surface area contributed by atoms with Crippen molar-refractivity contribution in [2.75, 3.05) is 14.2 Å². The Kier molecular flexibility index (Phi) is 4.48. The Morgan fingerprint density at radius 1 is 1.41 bits per heavy atom. The molecule has 17 heavy (non-hydrogen) atoms. The summed E-state index contributed by atoms with van der Waals surface area (Å²) in [6.45, 7) is 3.68. The molecule has 0 radical (unpaired) electrons. The standard InChI is InChI=1S/C13H19FO3/c1-5-13(2,17-4)12(15)10-8-9(14)6-7-11(10)16-3/h6-8,12,15H,5H2,1-4H3. The average Bonchev–Trinajstić information content (AvgIpc) is 2.36. The van der Waals surface area contributed by atoms with Gasteiger partial charge in [-0.2, -0.15) is 0 Å². The van der Waals surface area contributed by atoms with Gasteiger partial charge in [0.15, 0.2) is 0 Å². The summed E-state index contributed by atoms with van der Waals surface area (Å²) in [7, 11) is 3.01. The van der Waals surface area contributed by atoms with Gasteiger partial charge in [-0.3, -0.25) is 0 Å². The van der Waals surface area contributed by atoms with Crippen LogP contribution >= 0.6 is 0 Å². The van der Waals surface area contributed by atoms with E-state index in [1.807, 2.05) is 6.92 Å². The van der Waals surface area contributed by atoms with Gasteiger partial charge in [0.05, 0.1) is 12.7 Å². The van der Waals surface area contributed by atoms with Crippen LogP contribution in [0.1, 0.15) is 31.9 Å². The van der Waals surface area contributed by atoms with Crippen molar-refractivity contribution in [3.63, 3.8) is 0 Å². The number of benzene rings is 1. The fourth-order valence-electron chi connectivity index (χ4n) is 1.70. The largest absolute Gasteiger partial charge is 0.496 e. The van der Waals surface area contributed by atoms with Crippen molar-refractivity contribution in [2.24, 2.45) is 0 Å². The van der Waals surface area contributed by atoms with Crippen molar-refractivity contribution < 1.29 is 19.0 Å². The fourth-order valence-corrected chi connectivity index (χ4v) is 1.70. The van der Waals surface area contributed by atoms with Gasteiger partial charge in [0.1, 0.15) is 17.7 Å². The van der Waals surface area contributed by atoms with Crippen molar-refractivity contribution in [1.82, 2.24) is 0 Å². The van der Waals surface area contributed by atoms with Crippen LogP contribution in [0.25, 0.3) is 0 Å². The molecule has 0 spiro atoms. The number of aliphatic hydroxyl groups is 1. The average molecular weight is 242 g/mol. The zero-order valence-electron chi connectivity index (χ0n) is 10.7. The quantitative estimate of drug-likeness (QED) is 0.862. The molecule has 0 bridgehead atoms. The van der Waals surface area contributed by atoms with Gasteiger partial charge in [0, 0.05) is 12.7 Å². The summed E-state index contributed by atoms with van der Waals surface area (Å²) in [6.07, 6.45) is -0.340. The summed E-state index contributed by atoms with van der Waals surface area (Å²) < 4.78 is 23.7. The van der Waals surface area contributed by atoms with E-state index in [0.717, 1.165) is 0 Å². The minimum Gasteiger partial charge on any atom is -0.496 e. The molecule has 3 nitrogen and oxygen atoms in total. The first-order valence-corrected chi connectivity index (χ1v) is 5.55. The van der Waals surface area contributed by atoms with Crippen LogP contribution in [-0.4, -0.2) is 24.9 Å². The molecular weight excluding hydrogens is 223 g/mol. The topological polar surface area (TPSA) is 38.7 Å². The Balaban J connectivity index is 3.18. The molecule has 2 unspecified atom stereocenters. The molecule has 96 valence electrons. The van der Waals surface area contributed by atoms with E-state index in [-0.39, 0.29) is 0 Å². The van der Waals surface area contributed by atoms with E-state index in [1.165, 1.54) is 32.4 Å². The number of hydrogen-bond acceptors (Lipinski definition) is 3. The molecule has 1 rings (SSSR count). The van der Waals surface area contributed by atoms with E-state index < -0.39 is 17.5 Å². The number of hydrogen-bond donors (Lipinski definition) is 1. The fraction of sp³-hybridized carbons (Fsp3) is 0.538. The van der Waals surface area contributed by atoms with Gasteiger partial charge in [-0.15, -0.1) is 0 Å². The molecule has 0 saturated carbocycles. The molecule has 0 aliphatic heterocycles. The van der Waals surface area contributed by atoms with Crippen LogP contribution in [0.3, 0.4) is 0 Å². The monoisotopic (exact) mass is 242 g/mol. The van der Waals surface area contributed by atoms with E-state index in [9.17, 15) is 9.50 Å². The first-order chi connectivity index (χ1) is 7.98. The molecule has 0 aromatic heterocycles. The first kappa shape index (κ1) is 13.9. The normalized spacial score (nSPS) is 16.4. The summed E-state index contributed by atoms with van der Waals surface area (Å²) in [5, 5.41) is 10.3. The maximum atomic E-state index is 13.2. The smallest absolute Gasteiger partial charge is 0.124 e. The molecular formula is C13H19FO3. The van der Waals surface area contributed by atoms with Gasteiger partial charge >= 0.3 is 0 Å². The molecule has 4 heteroatoms. The van der Waals surface area contributed by atoms with Crippen LogP contribution in [0.5, 0.6) is 5.75 Å². The van der Waals surface area contributed by atoms with Crippen molar-refractivity contribution >= 4 is 0 Å². The number of aliphatic hydroxyl groups excluding tert-OH is 1. The number of halogens is 1. The Labute approximate surface area is 101 Å². The number of methoxy groups -OCH3 is 2. The van der Waals surface area contributed by atoms with E-state index in [1.54, 1.807) is 6.92 Å². The number of rotatable bonds is 5. The summed E-state index contributed by atoms with van der Waals surface area (Å²) in [4.78, 5) is 0. The van der Waals surface area contributed by atoms with Crippen LogP contribution in [0, 0.1) is 5.82 Å². The third kappa shape index (κ3) is 2.76. The Morgan fingerprint density at radius 2 is 2.06 bits per heavy atom. The van der Waals surface area contributed by atoms with E-state index in [2.05, 4.69) is 0 Å². The molecule has 0 aliphatic rings. The van der Waals surface area contributed by atoms with Crippen molar-refractivity contribution in [1.29, 1.82) is 0 Å². The maximum absolute atomic E-state index is 13.2. The third-order valence-corrected chi connectivity index (χ3v) is 3.23. The van der Waals surface area contributed by atoms with Gasteiger partial charge in [-0.25, -0.2) is 4.39 Å². The van der Waals surface area contributed by atoms with Crippen LogP contribution in [0.15, 0.2) is 18.2 Å². The van der Waals surface area contributed by atoms with Gasteiger partial charge in [-0.1, -0.05) is 6.92 Å². The summed E-state index contributed by atoms with van der Waals surface area (Å²) >= 11 is 0. The van der Waals surface area contributed by atoms with Crippen molar-refractivity contribution in [3.8, 4) is 5.75 Å². The lowest BCUT2D eigenvalue weighted by atomic mass is 9.89. The molecule has 1 aromatic rings. The molecule has 0 saturated heterocycles. The molecule has 1 N–H and O–H groups in total. The molecule has 0 aliphatic carbocycles. The van der Waals surface area contributed by atoms with Gasteiger partial charge in [0.25, 0.3) is 0 Å². The second kappa shape index (κ2) is 5.47. The van der Waals surface area contributed by atoms with Gasteiger partial charge in [-0.05, 0) is 31.5 Å². The summed E-state index contributed by atoms with van der Waals surface area (Å²) in [6, 6.07) is 4.07. The first-order valence-electron chi connectivity index (χ1n) is 5.55. The van der Waals surface area contributed by atoms with Gasteiger partial charge < -0.3 is 14.6 Å². The molecule has 0 heterocycles. The highest BCUT2D eigenvalue weighted by molar-refractivity contribution is 5.37. The highest BCUT2D eigenvalue weighted by atomic mass is 19.1. The second-order valence-corrected chi connectivity index (χ2v) is 4.16. The third-order valence-electron chi connectivity index (χ3n) is 3.23. The Bertz CT molecular complexity index is 375. The number of ether oxygens (including phenoxy) is 2. The Hall–Kier alpha value is -1.13. The second-order valence-electron chi connectivity index (χ2n) is 4.16. The lowest BCUT2D eigenvalue weighted by Crippen LogP contribution is -2.34. The molecule has 2 atom stereocenters. The molecule has 0 fully saturated rings. The zero-order chi connectivity index (χ0) is 13.1. The van der Waals surface area contributed by atoms with Crippen molar-refractivity contribution in [3.05, 3.63) is 29.6 Å². The molecule has 1 aromatic carbocycles. The summed E-state index contributed by atoms with van der Waals surface area (Å²) in [5.74, 6) is 0.0463. The van der Waals surface area contributed by atoms with Crippen LogP contribution in [0.2, 0.25) is 0 Å².